The average Bonchev–Trinajstić information content (AvgIpc) is 3.15. The zero-order chi connectivity index (χ0) is 21.8. The third kappa shape index (κ3) is 4.40. The van der Waals surface area contributed by atoms with Crippen LogP contribution in [0.25, 0.3) is 11.0 Å². The summed E-state index contributed by atoms with van der Waals surface area (Å²) in [5, 5.41) is 6.03. The first-order valence-electron chi connectivity index (χ1n) is 9.68. The van der Waals surface area contributed by atoms with E-state index in [1.165, 1.54) is 24.3 Å². The molecule has 0 saturated heterocycles. The van der Waals surface area contributed by atoms with Gasteiger partial charge in [0.05, 0.1) is 6.61 Å². The van der Waals surface area contributed by atoms with Crippen LogP contribution in [0.5, 0.6) is 5.75 Å². The van der Waals surface area contributed by atoms with Gasteiger partial charge in [0, 0.05) is 16.6 Å². The maximum atomic E-state index is 13.1. The van der Waals surface area contributed by atoms with Gasteiger partial charge in [0.2, 0.25) is 5.76 Å². The van der Waals surface area contributed by atoms with Gasteiger partial charge in [0.15, 0.2) is 0 Å². The number of ether oxygens (including phenoxy) is 1. The normalized spacial score (nSPS) is 10.6. The van der Waals surface area contributed by atoms with Crippen molar-refractivity contribution in [3.63, 3.8) is 0 Å². The highest BCUT2D eigenvalue weighted by atomic mass is 19.1. The molecule has 1 heterocycles. The fourth-order valence-corrected chi connectivity index (χ4v) is 3.11. The molecular weight excluding hydrogens is 399 g/mol. The van der Waals surface area contributed by atoms with Gasteiger partial charge in [-0.25, -0.2) is 4.39 Å². The number of carbonyl (C=O) groups excluding carboxylic acids is 2. The Morgan fingerprint density at radius 2 is 1.61 bits per heavy atom. The number of hydrogen-bond acceptors (Lipinski definition) is 4. The number of furan rings is 1. The summed E-state index contributed by atoms with van der Waals surface area (Å²) < 4.78 is 24.3. The molecule has 0 fully saturated rings. The highest BCUT2D eigenvalue weighted by Gasteiger charge is 2.23. The summed E-state index contributed by atoms with van der Waals surface area (Å²) in [4.78, 5) is 25.7. The number of benzene rings is 3. The Morgan fingerprint density at radius 1 is 0.903 bits per heavy atom. The SMILES string of the molecule is CCOc1ccc(C(=O)Nc2c(C(=O)Nc3ccc(F)cc3)oc3ccccc23)cc1. The molecule has 0 bridgehead atoms. The van der Waals surface area contributed by atoms with E-state index in [1.54, 1.807) is 48.5 Å². The van der Waals surface area contributed by atoms with E-state index in [0.29, 0.717) is 34.6 Å². The Labute approximate surface area is 177 Å². The molecule has 4 aromatic rings. The number of halogens is 1. The van der Waals surface area contributed by atoms with Crippen molar-refractivity contribution < 1.29 is 23.1 Å². The molecule has 156 valence electrons. The topological polar surface area (TPSA) is 80.6 Å². The predicted octanol–water partition coefficient (Wildman–Crippen LogP) is 5.48. The molecule has 0 spiro atoms. The van der Waals surface area contributed by atoms with Crippen molar-refractivity contribution in [2.45, 2.75) is 6.92 Å². The molecule has 3 aromatic carbocycles. The second-order valence-corrected chi connectivity index (χ2v) is 6.67. The lowest BCUT2D eigenvalue weighted by molar-refractivity contribution is 0.0999. The van der Waals surface area contributed by atoms with E-state index in [2.05, 4.69) is 10.6 Å². The number of fused-ring (bicyclic) bond motifs is 1. The first-order chi connectivity index (χ1) is 15.0. The Hall–Kier alpha value is -4.13. The van der Waals surface area contributed by atoms with Crippen LogP contribution in [0, 0.1) is 5.82 Å². The zero-order valence-electron chi connectivity index (χ0n) is 16.6. The molecule has 2 amide bonds. The molecule has 0 aliphatic heterocycles. The molecule has 0 radical (unpaired) electrons. The summed E-state index contributed by atoms with van der Waals surface area (Å²) in [5.41, 5.74) is 1.51. The number of nitrogens with one attached hydrogen (secondary N) is 2. The Morgan fingerprint density at radius 3 is 2.32 bits per heavy atom. The second-order valence-electron chi connectivity index (χ2n) is 6.67. The van der Waals surface area contributed by atoms with E-state index in [4.69, 9.17) is 9.15 Å². The first kappa shape index (κ1) is 20.2. The van der Waals surface area contributed by atoms with Gasteiger partial charge in [-0.2, -0.15) is 0 Å². The van der Waals surface area contributed by atoms with Crippen LogP contribution in [0.4, 0.5) is 15.8 Å². The highest BCUT2D eigenvalue weighted by molar-refractivity contribution is 6.16. The van der Waals surface area contributed by atoms with Gasteiger partial charge in [0.1, 0.15) is 22.8 Å². The maximum Gasteiger partial charge on any atom is 0.293 e. The summed E-state index contributed by atoms with van der Waals surface area (Å²) in [6.07, 6.45) is 0. The molecule has 0 unspecified atom stereocenters. The fraction of sp³-hybridized carbons (Fsp3) is 0.0833. The number of rotatable bonds is 6. The summed E-state index contributed by atoms with van der Waals surface area (Å²) in [7, 11) is 0. The molecular formula is C24H19FN2O4. The quantitative estimate of drug-likeness (QED) is 0.435. The minimum absolute atomic E-state index is 0.0511. The second kappa shape index (κ2) is 8.71. The Balaban J connectivity index is 1.63. The monoisotopic (exact) mass is 418 g/mol. The van der Waals surface area contributed by atoms with Crippen molar-refractivity contribution in [2.24, 2.45) is 0 Å². The van der Waals surface area contributed by atoms with Gasteiger partial charge in [0.25, 0.3) is 11.8 Å². The molecule has 0 aliphatic carbocycles. The van der Waals surface area contributed by atoms with E-state index in [1.807, 2.05) is 6.92 Å². The summed E-state index contributed by atoms with van der Waals surface area (Å²) >= 11 is 0. The van der Waals surface area contributed by atoms with Crippen molar-refractivity contribution in [3.8, 4) is 5.75 Å². The first-order valence-corrected chi connectivity index (χ1v) is 9.68. The van der Waals surface area contributed by atoms with Crippen LogP contribution in [0.15, 0.2) is 77.2 Å². The lowest BCUT2D eigenvalue weighted by Crippen LogP contribution is -2.17. The minimum Gasteiger partial charge on any atom is -0.494 e. The predicted molar refractivity (Wildman–Crippen MR) is 116 cm³/mol. The van der Waals surface area contributed by atoms with Gasteiger partial charge < -0.3 is 19.8 Å². The van der Waals surface area contributed by atoms with Crippen LogP contribution in [-0.4, -0.2) is 18.4 Å². The fourth-order valence-electron chi connectivity index (χ4n) is 3.11. The van der Waals surface area contributed by atoms with Crippen LogP contribution in [-0.2, 0) is 0 Å². The van der Waals surface area contributed by atoms with Crippen molar-refractivity contribution in [1.29, 1.82) is 0 Å². The summed E-state index contributed by atoms with van der Waals surface area (Å²) in [6.45, 7) is 2.40. The maximum absolute atomic E-state index is 13.1. The number of anilines is 2. The number of hydrogen-bond donors (Lipinski definition) is 2. The van der Waals surface area contributed by atoms with E-state index < -0.39 is 17.6 Å². The molecule has 0 aliphatic rings. The molecule has 6 nitrogen and oxygen atoms in total. The van der Waals surface area contributed by atoms with E-state index >= 15 is 0 Å². The highest BCUT2D eigenvalue weighted by Crippen LogP contribution is 2.32. The van der Waals surface area contributed by atoms with Gasteiger partial charge in [-0.15, -0.1) is 0 Å². The van der Waals surface area contributed by atoms with Gasteiger partial charge >= 0.3 is 0 Å². The number of para-hydroxylation sites is 1. The zero-order valence-corrected chi connectivity index (χ0v) is 16.6. The van der Waals surface area contributed by atoms with Gasteiger partial charge in [-0.05, 0) is 67.6 Å². The van der Waals surface area contributed by atoms with Crippen LogP contribution in [0.3, 0.4) is 0 Å². The van der Waals surface area contributed by atoms with Crippen molar-refractivity contribution in [2.75, 3.05) is 17.2 Å². The molecule has 0 atom stereocenters. The molecule has 1 aromatic heterocycles. The molecule has 2 N–H and O–H groups in total. The van der Waals surface area contributed by atoms with Crippen molar-refractivity contribution in [3.05, 3.63) is 89.9 Å². The Kier molecular flexibility index (Phi) is 5.66. The van der Waals surface area contributed by atoms with E-state index in [0.717, 1.165) is 0 Å². The average molecular weight is 418 g/mol. The van der Waals surface area contributed by atoms with Gasteiger partial charge in [-0.3, -0.25) is 9.59 Å². The number of carbonyl (C=O) groups is 2. The molecule has 0 saturated carbocycles. The van der Waals surface area contributed by atoms with Crippen LogP contribution in [0.2, 0.25) is 0 Å². The molecule has 4 rings (SSSR count). The molecule has 7 heteroatoms. The van der Waals surface area contributed by atoms with Crippen LogP contribution in [0.1, 0.15) is 27.8 Å². The molecule has 31 heavy (non-hydrogen) atoms. The van der Waals surface area contributed by atoms with E-state index in [9.17, 15) is 14.0 Å². The van der Waals surface area contributed by atoms with Crippen molar-refractivity contribution in [1.82, 2.24) is 0 Å². The van der Waals surface area contributed by atoms with Crippen LogP contribution < -0.4 is 15.4 Å². The summed E-state index contributed by atoms with van der Waals surface area (Å²) in [6, 6.07) is 19.0. The smallest absolute Gasteiger partial charge is 0.293 e. The van der Waals surface area contributed by atoms with Crippen LogP contribution >= 0.6 is 0 Å². The third-order valence-corrected chi connectivity index (χ3v) is 4.57. The van der Waals surface area contributed by atoms with Gasteiger partial charge in [-0.1, -0.05) is 12.1 Å². The number of amides is 2. The van der Waals surface area contributed by atoms with Crippen molar-refractivity contribution >= 4 is 34.2 Å². The standard InChI is InChI=1S/C24H19FN2O4/c1-2-30-18-13-7-15(8-14-18)23(28)27-21-19-5-3-4-6-20(19)31-22(21)24(29)26-17-11-9-16(25)10-12-17/h3-14H,2H2,1H3,(H,26,29)(H,27,28). The largest absolute Gasteiger partial charge is 0.494 e. The Bertz CT molecular complexity index is 1230. The lowest BCUT2D eigenvalue weighted by Gasteiger charge is -2.08. The third-order valence-electron chi connectivity index (χ3n) is 4.57. The lowest BCUT2D eigenvalue weighted by atomic mass is 10.1. The minimum atomic E-state index is -0.565. The van der Waals surface area contributed by atoms with E-state index in [-0.39, 0.29) is 11.4 Å². The summed E-state index contributed by atoms with van der Waals surface area (Å²) in [5.74, 6) is -0.766.